The van der Waals surface area contributed by atoms with Gasteiger partial charge in [0.05, 0.1) is 18.8 Å². The SMILES string of the molecule is COc1ccc(/C=N\NC(=O)c2ccc3ccccc3n2)cc1. The Kier molecular flexibility index (Phi) is 4.29. The molecule has 0 bridgehead atoms. The Bertz CT molecular complexity index is 858. The predicted octanol–water partition coefficient (Wildman–Crippen LogP) is 3.01. The summed E-state index contributed by atoms with van der Waals surface area (Å²) in [6, 6.07) is 18.5. The molecule has 5 nitrogen and oxygen atoms in total. The van der Waals surface area contributed by atoms with E-state index in [1.807, 2.05) is 54.6 Å². The molecule has 0 unspecified atom stereocenters. The average Bonchev–Trinajstić information content (AvgIpc) is 2.61. The first kappa shape index (κ1) is 14.7. The molecular weight excluding hydrogens is 290 g/mol. The quantitative estimate of drug-likeness (QED) is 0.595. The fourth-order valence-corrected chi connectivity index (χ4v) is 2.11. The smallest absolute Gasteiger partial charge is 0.289 e. The lowest BCUT2D eigenvalue weighted by molar-refractivity contribution is 0.0950. The van der Waals surface area contributed by atoms with Crippen LogP contribution in [0.4, 0.5) is 0 Å². The van der Waals surface area contributed by atoms with Gasteiger partial charge in [-0.3, -0.25) is 4.79 Å². The summed E-state index contributed by atoms with van der Waals surface area (Å²) in [6.45, 7) is 0. The number of hydrogen-bond donors (Lipinski definition) is 1. The molecule has 2 aromatic carbocycles. The van der Waals surface area contributed by atoms with Gasteiger partial charge in [0.15, 0.2) is 0 Å². The molecule has 0 fully saturated rings. The number of ether oxygens (including phenoxy) is 1. The van der Waals surface area contributed by atoms with Gasteiger partial charge in [-0.25, -0.2) is 10.4 Å². The fraction of sp³-hybridized carbons (Fsp3) is 0.0556. The minimum atomic E-state index is -0.347. The summed E-state index contributed by atoms with van der Waals surface area (Å²) in [7, 11) is 1.61. The summed E-state index contributed by atoms with van der Waals surface area (Å²) < 4.78 is 5.08. The number of hydrazone groups is 1. The number of nitrogens with one attached hydrogen (secondary N) is 1. The number of pyridine rings is 1. The monoisotopic (exact) mass is 305 g/mol. The maximum Gasteiger partial charge on any atom is 0.289 e. The molecule has 0 saturated heterocycles. The van der Waals surface area contributed by atoms with Gasteiger partial charge in [-0.05, 0) is 42.0 Å². The highest BCUT2D eigenvalue weighted by molar-refractivity contribution is 5.95. The van der Waals surface area contributed by atoms with Gasteiger partial charge in [0, 0.05) is 5.39 Å². The van der Waals surface area contributed by atoms with E-state index in [9.17, 15) is 4.79 Å². The largest absolute Gasteiger partial charge is 0.497 e. The first-order chi connectivity index (χ1) is 11.3. The minimum Gasteiger partial charge on any atom is -0.497 e. The normalized spacial score (nSPS) is 10.8. The van der Waals surface area contributed by atoms with Gasteiger partial charge in [0.1, 0.15) is 11.4 Å². The Morgan fingerprint density at radius 3 is 2.65 bits per heavy atom. The Balaban J connectivity index is 1.68. The fourth-order valence-electron chi connectivity index (χ4n) is 2.11. The number of aromatic nitrogens is 1. The topological polar surface area (TPSA) is 63.6 Å². The molecule has 0 saturated carbocycles. The van der Waals surface area contributed by atoms with Crippen LogP contribution in [0.15, 0.2) is 65.8 Å². The zero-order chi connectivity index (χ0) is 16.1. The van der Waals surface area contributed by atoms with Crippen LogP contribution in [0.1, 0.15) is 16.1 Å². The van der Waals surface area contributed by atoms with E-state index < -0.39 is 0 Å². The van der Waals surface area contributed by atoms with Crippen LogP contribution in [0.2, 0.25) is 0 Å². The van der Waals surface area contributed by atoms with Crippen LogP contribution in [-0.2, 0) is 0 Å². The highest BCUT2D eigenvalue weighted by Gasteiger charge is 2.06. The zero-order valence-corrected chi connectivity index (χ0v) is 12.6. The standard InChI is InChI=1S/C18H15N3O2/c1-23-15-9-6-13(7-10-15)12-19-21-18(22)17-11-8-14-4-2-3-5-16(14)20-17/h2-12H,1H3,(H,21,22)/b19-12-. The molecule has 1 N–H and O–H groups in total. The van der Waals surface area contributed by atoms with E-state index in [0.717, 1.165) is 22.2 Å². The molecule has 0 atom stereocenters. The Labute approximate surface area is 133 Å². The molecule has 3 aromatic rings. The number of benzene rings is 2. The average molecular weight is 305 g/mol. The molecule has 0 aliphatic heterocycles. The van der Waals surface area contributed by atoms with Gasteiger partial charge >= 0.3 is 0 Å². The molecule has 0 aliphatic carbocycles. The van der Waals surface area contributed by atoms with Crippen LogP contribution in [0.3, 0.4) is 0 Å². The second kappa shape index (κ2) is 6.70. The number of fused-ring (bicyclic) bond motifs is 1. The second-order valence-corrected chi connectivity index (χ2v) is 4.86. The molecule has 0 aliphatic rings. The predicted molar refractivity (Wildman–Crippen MR) is 89.8 cm³/mol. The molecule has 1 amide bonds. The van der Waals surface area contributed by atoms with Crippen LogP contribution in [-0.4, -0.2) is 24.2 Å². The maximum atomic E-state index is 12.1. The van der Waals surface area contributed by atoms with Crippen molar-refractivity contribution in [1.82, 2.24) is 10.4 Å². The number of amides is 1. The molecular formula is C18H15N3O2. The number of methoxy groups -OCH3 is 1. The molecule has 5 heteroatoms. The van der Waals surface area contributed by atoms with Gasteiger partial charge in [0.2, 0.25) is 0 Å². The van der Waals surface area contributed by atoms with Crippen LogP contribution in [0, 0.1) is 0 Å². The lowest BCUT2D eigenvalue weighted by Crippen LogP contribution is -2.18. The zero-order valence-electron chi connectivity index (χ0n) is 12.6. The van der Waals surface area contributed by atoms with E-state index in [1.54, 1.807) is 19.4 Å². The molecule has 0 radical (unpaired) electrons. The van der Waals surface area contributed by atoms with Crippen molar-refractivity contribution in [3.8, 4) is 5.75 Å². The Morgan fingerprint density at radius 2 is 1.87 bits per heavy atom. The summed E-state index contributed by atoms with van der Waals surface area (Å²) in [4.78, 5) is 16.4. The number of carbonyl (C=O) groups excluding carboxylic acids is 1. The van der Waals surface area contributed by atoms with Crippen molar-refractivity contribution < 1.29 is 9.53 Å². The van der Waals surface area contributed by atoms with E-state index >= 15 is 0 Å². The van der Waals surface area contributed by atoms with Gasteiger partial charge in [-0.1, -0.05) is 24.3 Å². The third-order valence-corrected chi connectivity index (χ3v) is 3.33. The van der Waals surface area contributed by atoms with Crippen molar-refractivity contribution in [3.05, 3.63) is 71.9 Å². The van der Waals surface area contributed by atoms with Crippen LogP contribution < -0.4 is 10.2 Å². The van der Waals surface area contributed by atoms with E-state index in [-0.39, 0.29) is 5.91 Å². The van der Waals surface area contributed by atoms with E-state index in [1.165, 1.54) is 0 Å². The summed E-state index contributed by atoms with van der Waals surface area (Å²) in [5.41, 5.74) is 4.44. The second-order valence-electron chi connectivity index (χ2n) is 4.86. The number of rotatable bonds is 4. The molecule has 1 heterocycles. The highest BCUT2D eigenvalue weighted by Crippen LogP contribution is 2.12. The number of hydrogen-bond acceptors (Lipinski definition) is 4. The lowest BCUT2D eigenvalue weighted by Gasteiger charge is -2.02. The Hall–Kier alpha value is -3.21. The number of para-hydroxylation sites is 1. The summed E-state index contributed by atoms with van der Waals surface area (Å²) in [5.74, 6) is 0.423. The van der Waals surface area contributed by atoms with Gasteiger partial charge < -0.3 is 4.74 Å². The van der Waals surface area contributed by atoms with Crippen molar-refractivity contribution in [2.45, 2.75) is 0 Å². The van der Waals surface area contributed by atoms with Crippen molar-refractivity contribution in [2.24, 2.45) is 5.10 Å². The third-order valence-electron chi connectivity index (χ3n) is 3.33. The minimum absolute atomic E-state index is 0.329. The molecule has 0 spiro atoms. The highest BCUT2D eigenvalue weighted by atomic mass is 16.5. The molecule has 23 heavy (non-hydrogen) atoms. The first-order valence-corrected chi connectivity index (χ1v) is 7.09. The van der Waals surface area contributed by atoms with Crippen molar-refractivity contribution >= 4 is 23.0 Å². The Morgan fingerprint density at radius 1 is 1.09 bits per heavy atom. The third kappa shape index (κ3) is 3.52. The van der Waals surface area contributed by atoms with E-state index in [0.29, 0.717) is 5.69 Å². The molecule has 3 rings (SSSR count). The summed E-state index contributed by atoms with van der Waals surface area (Å²) >= 11 is 0. The lowest BCUT2D eigenvalue weighted by atomic mass is 10.2. The van der Waals surface area contributed by atoms with Gasteiger partial charge in [-0.15, -0.1) is 0 Å². The number of carbonyl (C=O) groups is 1. The van der Waals surface area contributed by atoms with Crippen molar-refractivity contribution in [2.75, 3.05) is 7.11 Å². The maximum absolute atomic E-state index is 12.1. The van der Waals surface area contributed by atoms with Gasteiger partial charge in [-0.2, -0.15) is 5.10 Å². The van der Waals surface area contributed by atoms with Crippen molar-refractivity contribution in [1.29, 1.82) is 0 Å². The van der Waals surface area contributed by atoms with Crippen LogP contribution in [0.5, 0.6) is 5.75 Å². The van der Waals surface area contributed by atoms with Crippen LogP contribution >= 0.6 is 0 Å². The molecule has 1 aromatic heterocycles. The molecule has 114 valence electrons. The van der Waals surface area contributed by atoms with Crippen molar-refractivity contribution in [3.63, 3.8) is 0 Å². The summed E-state index contributed by atoms with van der Waals surface area (Å²) in [6.07, 6.45) is 1.57. The van der Waals surface area contributed by atoms with E-state index in [4.69, 9.17) is 4.74 Å². The summed E-state index contributed by atoms with van der Waals surface area (Å²) in [5, 5.41) is 4.94. The first-order valence-electron chi connectivity index (χ1n) is 7.09. The van der Waals surface area contributed by atoms with Crippen LogP contribution in [0.25, 0.3) is 10.9 Å². The number of nitrogens with zero attached hydrogens (tertiary/aromatic N) is 2. The van der Waals surface area contributed by atoms with Gasteiger partial charge in [0.25, 0.3) is 5.91 Å². The van der Waals surface area contributed by atoms with E-state index in [2.05, 4.69) is 15.5 Å².